The lowest BCUT2D eigenvalue weighted by Crippen LogP contribution is -2.69. The van der Waals surface area contributed by atoms with Crippen LogP contribution in [0, 0.1) is 56.2 Å². The molecule has 5 saturated carbocycles. The van der Waals surface area contributed by atoms with E-state index in [1.165, 1.54) is 25.7 Å². The van der Waals surface area contributed by atoms with E-state index in [-0.39, 0.29) is 33.7 Å². The summed E-state index contributed by atoms with van der Waals surface area (Å²) in [6.45, 7) is 17.3. The summed E-state index contributed by atoms with van der Waals surface area (Å²) in [5, 5.41) is 21.3. The monoisotopic (exact) mass is 458 g/mol. The van der Waals surface area contributed by atoms with Crippen LogP contribution in [0.1, 0.15) is 119 Å². The molecule has 10 atom stereocenters. The molecule has 0 bridgehead atoms. The Labute approximate surface area is 202 Å². The highest BCUT2D eigenvalue weighted by Crippen LogP contribution is 2.78. The molecule has 2 N–H and O–H groups in total. The van der Waals surface area contributed by atoms with Gasteiger partial charge < -0.3 is 10.2 Å². The van der Waals surface area contributed by atoms with Crippen LogP contribution in [0.25, 0.3) is 0 Å². The van der Waals surface area contributed by atoms with Gasteiger partial charge in [0.25, 0.3) is 0 Å². The van der Waals surface area contributed by atoms with Crippen molar-refractivity contribution in [3.8, 4) is 0 Å². The Hall–Kier alpha value is -0.570. The molecule has 3 nitrogen and oxygen atoms in total. The van der Waals surface area contributed by atoms with Crippen molar-refractivity contribution in [1.29, 1.82) is 0 Å². The molecule has 0 aromatic rings. The topological polar surface area (TPSA) is 57.5 Å². The number of hydrogen-bond donors (Lipinski definition) is 2. The first-order valence-corrected chi connectivity index (χ1v) is 14.1. The van der Waals surface area contributed by atoms with Gasteiger partial charge >= 0.3 is 5.97 Å². The van der Waals surface area contributed by atoms with Crippen LogP contribution in [-0.2, 0) is 4.79 Å². The van der Waals surface area contributed by atoms with Gasteiger partial charge in [0.2, 0.25) is 0 Å². The molecule has 2 unspecified atom stereocenters. The molecule has 33 heavy (non-hydrogen) atoms. The highest BCUT2D eigenvalue weighted by atomic mass is 16.4. The average molecular weight is 459 g/mol. The Kier molecular flexibility index (Phi) is 5.13. The fourth-order valence-electron chi connectivity index (χ4n) is 11.4. The van der Waals surface area contributed by atoms with E-state index in [0.717, 1.165) is 44.9 Å². The van der Waals surface area contributed by atoms with Gasteiger partial charge in [-0.05, 0) is 121 Å². The first-order valence-electron chi connectivity index (χ1n) is 14.1. The van der Waals surface area contributed by atoms with Crippen LogP contribution >= 0.6 is 0 Å². The summed E-state index contributed by atoms with van der Waals surface area (Å²) in [7, 11) is 0. The van der Waals surface area contributed by atoms with E-state index in [1.54, 1.807) is 0 Å². The minimum absolute atomic E-state index is 0.0963. The van der Waals surface area contributed by atoms with Gasteiger partial charge in [-0.3, -0.25) is 4.79 Å². The number of carboxylic acids is 1. The number of aliphatic carboxylic acids is 1. The summed E-state index contributed by atoms with van der Waals surface area (Å²) < 4.78 is 0. The molecular weight excluding hydrogens is 408 g/mol. The van der Waals surface area contributed by atoms with Gasteiger partial charge in [-0.2, -0.15) is 0 Å². The van der Waals surface area contributed by atoms with Crippen molar-refractivity contribution in [3.05, 3.63) is 0 Å². The first-order chi connectivity index (χ1) is 15.2. The highest BCUT2D eigenvalue weighted by Gasteiger charge is 2.72. The molecule has 188 valence electrons. The highest BCUT2D eigenvalue weighted by molar-refractivity contribution is 5.76. The fourth-order valence-corrected chi connectivity index (χ4v) is 11.4. The maximum absolute atomic E-state index is 12.9. The molecule has 0 saturated heterocycles. The first kappa shape index (κ1) is 24.1. The van der Waals surface area contributed by atoms with Crippen LogP contribution in [0.15, 0.2) is 0 Å². The van der Waals surface area contributed by atoms with Crippen molar-refractivity contribution in [2.24, 2.45) is 56.2 Å². The van der Waals surface area contributed by atoms with Gasteiger partial charge in [-0.1, -0.05) is 48.5 Å². The molecular formula is C30H50O3. The number of carboxylic acid groups (broad SMARTS) is 1. The molecule has 0 radical (unpaired) electrons. The summed E-state index contributed by atoms with van der Waals surface area (Å²) in [6, 6.07) is 0. The molecule has 0 aliphatic heterocycles. The van der Waals surface area contributed by atoms with E-state index >= 15 is 0 Å². The number of rotatable bonds is 1. The quantitative estimate of drug-likeness (QED) is 0.433. The molecule has 0 spiro atoms. The van der Waals surface area contributed by atoms with Crippen molar-refractivity contribution < 1.29 is 15.0 Å². The molecule has 3 heteroatoms. The van der Waals surface area contributed by atoms with E-state index < -0.39 is 11.4 Å². The van der Waals surface area contributed by atoms with Crippen molar-refractivity contribution in [2.75, 3.05) is 0 Å². The zero-order chi connectivity index (χ0) is 24.2. The molecule has 5 aliphatic rings. The lowest BCUT2D eigenvalue weighted by atomic mass is 9.30. The van der Waals surface area contributed by atoms with E-state index in [9.17, 15) is 15.0 Å². The summed E-state index contributed by atoms with van der Waals surface area (Å²) in [5.74, 6) is 1.50. The zero-order valence-electron chi connectivity index (χ0n) is 22.5. The van der Waals surface area contributed by atoms with Gasteiger partial charge in [0.15, 0.2) is 0 Å². The summed E-state index contributed by atoms with van der Waals surface area (Å²) in [5.41, 5.74) is 0.578. The lowest BCUT2D eigenvalue weighted by molar-refractivity contribution is -0.265. The number of hydrogen-bond acceptors (Lipinski definition) is 2. The molecule has 0 aromatic carbocycles. The normalized spacial score (nSPS) is 57.8. The Bertz CT molecular complexity index is 834. The third-order valence-corrected chi connectivity index (χ3v) is 13.9. The van der Waals surface area contributed by atoms with Crippen LogP contribution in [0.2, 0.25) is 0 Å². The van der Waals surface area contributed by atoms with E-state index in [4.69, 9.17) is 0 Å². The van der Waals surface area contributed by atoms with Gasteiger partial charge in [0.05, 0.1) is 11.5 Å². The SMILES string of the molecule is C[C@H]1[C@@H](O)CC[C@@H]2[C@]1(C)CCC1[C@@]2(C)CC[C@@]2(C)C3CC(C)(C)CC[C@]3(C(=O)O)CC[C@]12C. The lowest BCUT2D eigenvalue weighted by Gasteiger charge is -2.74. The van der Waals surface area contributed by atoms with Gasteiger partial charge in [0, 0.05) is 0 Å². The average Bonchev–Trinajstić information content (AvgIpc) is 2.73. The van der Waals surface area contributed by atoms with Crippen molar-refractivity contribution >= 4 is 5.97 Å². The zero-order valence-corrected chi connectivity index (χ0v) is 22.5. The summed E-state index contributed by atoms with van der Waals surface area (Å²) in [6.07, 6.45) is 11.8. The predicted molar refractivity (Wildman–Crippen MR) is 133 cm³/mol. The maximum Gasteiger partial charge on any atom is 0.309 e. The van der Waals surface area contributed by atoms with Crippen molar-refractivity contribution in [3.63, 3.8) is 0 Å². The van der Waals surface area contributed by atoms with Crippen LogP contribution < -0.4 is 0 Å². The van der Waals surface area contributed by atoms with Crippen LogP contribution in [-0.4, -0.2) is 22.3 Å². The van der Waals surface area contributed by atoms with Crippen LogP contribution in [0.3, 0.4) is 0 Å². The van der Waals surface area contributed by atoms with Crippen LogP contribution in [0.5, 0.6) is 0 Å². The van der Waals surface area contributed by atoms with Gasteiger partial charge in [0.1, 0.15) is 0 Å². The standard InChI is InChI=1S/C30H50O3/c1-19-20(31)8-9-21-26(19,4)11-10-22-27(21,5)13-14-29(7)23-18-25(2,3)12-16-30(23,24(32)33)17-15-28(22,29)6/h19-23,31H,8-18H2,1-7H3,(H,32,33)/t19-,20-,21+,22?,23?,26+,27-,28+,29-,30-/m0/s1. The molecule has 5 fully saturated rings. The molecule has 5 rings (SSSR count). The number of aliphatic hydroxyl groups is 1. The van der Waals surface area contributed by atoms with Crippen LogP contribution in [0.4, 0.5) is 0 Å². The Morgan fingerprint density at radius 3 is 1.97 bits per heavy atom. The molecule has 0 heterocycles. The largest absolute Gasteiger partial charge is 0.481 e. The Balaban J connectivity index is 1.57. The van der Waals surface area contributed by atoms with E-state index in [0.29, 0.717) is 23.2 Å². The summed E-state index contributed by atoms with van der Waals surface area (Å²) in [4.78, 5) is 12.9. The Morgan fingerprint density at radius 1 is 0.697 bits per heavy atom. The van der Waals surface area contributed by atoms with Gasteiger partial charge in [-0.15, -0.1) is 0 Å². The minimum Gasteiger partial charge on any atom is -0.481 e. The van der Waals surface area contributed by atoms with Gasteiger partial charge in [-0.25, -0.2) is 0 Å². The second-order valence-corrected chi connectivity index (χ2v) is 15.3. The maximum atomic E-state index is 12.9. The predicted octanol–water partition coefficient (Wildman–Crippen LogP) is 7.31. The third-order valence-electron chi connectivity index (χ3n) is 13.9. The second kappa shape index (κ2) is 7.01. The number of aliphatic hydroxyl groups excluding tert-OH is 1. The van der Waals surface area contributed by atoms with Crippen molar-refractivity contribution in [1.82, 2.24) is 0 Å². The fraction of sp³-hybridized carbons (Fsp3) is 0.967. The van der Waals surface area contributed by atoms with E-state index in [2.05, 4.69) is 48.5 Å². The molecule has 0 aromatic heterocycles. The number of carbonyl (C=O) groups is 1. The number of fused-ring (bicyclic) bond motifs is 7. The third kappa shape index (κ3) is 2.87. The Morgan fingerprint density at radius 2 is 1.30 bits per heavy atom. The second-order valence-electron chi connectivity index (χ2n) is 15.3. The minimum atomic E-state index is -0.510. The molecule has 5 aliphatic carbocycles. The summed E-state index contributed by atoms with van der Waals surface area (Å²) >= 11 is 0. The molecule has 0 amide bonds. The van der Waals surface area contributed by atoms with Crippen molar-refractivity contribution in [2.45, 2.75) is 125 Å². The van der Waals surface area contributed by atoms with E-state index in [1.807, 2.05) is 0 Å². The smallest absolute Gasteiger partial charge is 0.309 e.